The molecular weight excluding hydrogens is 266 g/mol. The minimum absolute atomic E-state index is 0.603. The van der Waals surface area contributed by atoms with Crippen molar-refractivity contribution < 1.29 is 4.74 Å². The van der Waals surface area contributed by atoms with Crippen molar-refractivity contribution in [2.24, 2.45) is 5.92 Å². The Balaban J connectivity index is 1.98. The van der Waals surface area contributed by atoms with Gasteiger partial charge in [-0.2, -0.15) is 0 Å². The number of nitrogens with zero attached hydrogens (tertiary/aromatic N) is 4. The van der Waals surface area contributed by atoms with Gasteiger partial charge in [-0.15, -0.1) is 5.10 Å². The van der Waals surface area contributed by atoms with E-state index in [1.165, 1.54) is 0 Å². The van der Waals surface area contributed by atoms with Crippen molar-refractivity contribution in [1.29, 1.82) is 0 Å². The number of nitrogen functional groups attached to an aromatic ring is 1. The summed E-state index contributed by atoms with van der Waals surface area (Å²) < 4.78 is 7.37. The van der Waals surface area contributed by atoms with Crippen molar-refractivity contribution in [3.05, 3.63) is 23.8 Å². The van der Waals surface area contributed by atoms with E-state index in [4.69, 9.17) is 10.5 Å². The molecule has 0 saturated carbocycles. The van der Waals surface area contributed by atoms with Crippen LogP contribution >= 0.6 is 0 Å². The van der Waals surface area contributed by atoms with Gasteiger partial charge in [0.1, 0.15) is 0 Å². The van der Waals surface area contributed by atoms with Crippen LogP contribution in [0.5, 0.6) is 0 Å². The minimum atomic E-state index is 0.603. The average Bonchev–Trinajstić information content (AvgIpc) is 2.85. The summed E-state index contributed by atoms with van der Waals surface area (Å²) in [6.45, 7) is 8.38. The first-order valence-corrected chi connectivity index (χ1v) is 7.27. The largest absolute Gasteiger partial charge is 0.399 e. The Bertz CT molecular complexity index is 559. The first kappa shape index (κ1) is 15.4. The number of benzene rings is 1. The number of nitrogens with two attached hydrogens (primary N) is 1. The molecule has 0 spiro atoms. The highest BCUT2D eigenvalue weighted by Crippen LogP contribution is 2.20. The molecular formula is C15H23N5O. The van der Waals surface area contributed by atoms with E-state index >= 15 is 0 Å². The molecule has 1 aromatic carbocycles. The van der Waals surface area contributed by atoms with Crippen LogP contribution in [0.4, 0.5) is 5.69 Å². The molecule has 1 aromatic heterocycles. The second-order valence-electron chi connectivity index (χ2n) is 5.65. The molecule has 0 aliphatic rings. The van der Waals surface area contributed by atoms with E-state index in [0.717, 1.165) is 30.0 Å². The zero-order valence-corrected chi connectivity index (χ0v) is 12.9. The third-order valence-electron chi connectivity index (χ3n) is 3.18. The Morgan fingerprint density at radius 1 is 1.24 bits per heavy atom. The number of aromatic nitrogens is 4. The topological polar surface area (TPSA) is 78.9 Å². The zero-order chi connectivity index (χ0) is 15.2. The molecule has 0 unspecified atom stereocenters. The molecule has 0 amide bonds. The quantitative estimate of drug-likeness (QED) is 0.625. The van der Waals surface area contributed by atoms with E-state index in [1.807, 2.05) is 25.1 Å². The van der Waals surface area contributed by atoms with Crippen molar-refractivity contribution in [3.63, 3.8) is 0 Å². The summed E-state index contributed by atoms with van der Waals surface area (Å²) in [5, 5.41) is 11.9. The average molecular weight is 289 g/mol. The fraction of sp³-hybridized carbons (Fsp3) is 0.533. The summed E-state index contributed by atoms with van der Waals surface area (Å²) in [6.07, 6.45) is 1.07. The summed E-state index contributed by atoms with van der Waals surface area (Å²) in [7, 11) is 0. The van der Waals surface area contributed by atoms with Crippen LogP contribution in [0.1, 0.15) is 25.8 Å². The standard InChI is InChI=1S/C15H23N5O/c1-11(2)4-6-21-7-5-20-15(17-18-19-20)13-8-12(3)9-14(16)10-13/h8-11H,4-7,16H2,1-3H3. The van der Waals surface area contributed by atoms with Gasteiger partial charge in [-0.25, -0.2) is 4.68 Å². The lowest BCUT2D eigenvalue weighted by Crippen LogP contribution is -2.10. The Morgan fingerprint density at radius 3 is 2.76 bits per heavy atom. The molecule has 0 fully saturated rings. The third-order valence-corrected chi connectivity index (χ3v) is 3.18. The van der Waals surface area contributed by atoms with Gasteiger partial charge in [-0.3, -0.25) is 0 Å². The first-order valence-electron chi connectivity index (χ1n) is 7.27. The molecule has 114 valence electrons. The molecule has 2 aromatic rings. The molecule has 0 atom stereocenters. The minimum Gasteiger partial charge on any atom is -0.399 e. The maximum atomic E-state index is 5.88. The van der Waals surface area contributed by atoms with Gasteiger partial charge >= 0.3 is 0 Å². The van der Waals surface area contributed by atoms with Gasteiger partial charge in [0.15, 0.2) is 5.82 Å². The second kappa shape index (κ2) is 7.17. The molecule has 0 aliphatic heterocycles. The molecule has 0 bridgehead atoms. The summed E-state index contributed by atoms with van der Waals surface area (Å²) in [6, 6.07) is 5.83. The number of ether oxygens (including phenoxy) is 1. The molecule has 6 nitrogen and oxygen atoms in total. The second-order valence-corrected chi connectivity index (χ2v) is 5.65. The van der Waals surface area contributed by atoms with Crippen molar-refractivity contribution in [2.45, 2.75) is 33.7 Å². The van der Waals surface area contributed by atoms with Gasteiger partial charge in [0, 0.05) is 17.9 Å². The van der Waals surface area contributed by atoms with Crippen LogP contribution in [0, 0.1) is 12.8 Å². The summed E-state index contributed by atoms with van der Waals surface area (Å²) in [4.78, 5) is 0. The van der Waals surface area contributed by atoms with E-state index in [2.05, 4.69) is 29.4 Å². The molecule has 0 radical (unpaired) electrons. The van der Waals surface area contributed by atoms with Crippen LogP contribution in [0.15, 0.2) is 18.2 Å². The van der Waals surface area contributed by atoms with E-state index < -0.39 is 0 Å². The normalized spacial score (nSPS) is 11.2. The highest BCUT2D eigenvalue weighted by molar-refractivity contribution is 5.62. The molecule has 1 heterocycles. The van der Waals surface area contributed by atoms with Gasteiger partial charge in [-0.1, -0.05) is 13.8 Å². The van der Waals surface area contributed by atoms with Crippen LogP contribution in [0.3, 0.4) is 0 Å². The predicted octanol–water partition coefficient (Wildman–Crippen LogP) is 2.29. The van der Waals surface area contributed by atoms with Gasteiger partial charge in [-0.05, 0) is 53.5 Å². The van der Waals surface area contributed by atoms with Crippen molar-refractivity contribution in [2.75, 3.05) is 18.9 Å². The smallest absolute Gasteiger partial charge is 0.182 e. The zero-order valence-electron chi connectivity index (χ0n) is 12.9. The summed E-state index contributed by atoms with van der Waals surface area (Å²) >= 11 is 0. The van der Waals surface area contributed by atoms with Gasteiger partial charge in [0.25, 0.3) is 0 Å². The first-order chi connectivity index (χ1) is 10.1. The van der Waals surface area contributed by atoms with Gasteiger partial charge in [0.2, 0.25) is 0 Å². The molecule has 2 rings (SSSR count). The highest BCUT2D eigenvalue weighted by Gasteiger charge is 2.09. The lowest BCUT2D eigenvalue weighted by atomic mass is 10.1. The Kier molecular flexibility index (Phi) is 5.27. The maximum absolute atomic E-state index is 5.88. The molecule has 2 N–H and O–H groups in total. The lowest BCUT2D eigenvalue weighted by Gasteiger charge is -2.08. The fourth-order valence-electron chi connectivity index (χ4n) is 2.08. The van der Waals surface area contributed by atoms with Crippen molar-refractivity contribution in [3.8, 4) is 11.4 Å². The monoisotopic (exact) mass is 289 g/mol. The van der Waals surface area contributed by atoms with Crippen LogP contribution < -0.4 is 5.73 Å². The van der Waals surface area contributed by atoms with Crippen LogP contribution in [0.25, 0.3) is 11.4 Å². The summed E-state index contributed by atoms with van der Waals surface area (Å²) in [5.41, 5.74) is 8.62. The molecule has 6 heteroatoms. The highest BCUT2D eigenvalue weighted by atomic mass is 16.5. The molecule has 0 saturated heterocycles. The third kappa shape index (κ3) is 4.53. The van der Waals surface area contributed by atoms with E-state index in [9.17, 15) is 0 Å². The van der Waals surface area contributed by atoms with Gasteiger partial charge < -0.3 is 10.5 Å². The Labute approximate surface area is 125 Å². The number of aryl methyl sites for hydroxylation is 1. The maximum Gasteiger partial charge on any atom is 0.182 e. The predicted molar refractivity (Wildman–Crippen MR) is 82.7 cm³/mol. The van der Waals surface area contributed by atoms with Crippen molar-refractivity contribution >= 4 is 5.69 Å². The van der Waals surface area contributed by atoms with E-state index in [-0.39, 0.29) is 0 Å². The number of hydrogen-bond acceptors (Lipinski definition) is 5. The lowest BCUT2D eigenvalue weighted by molar-refractivity contribution is 0.114. The van der Waals surface area contributed by atoms with Crippen molar-refractivity contribution in [1.82, 2.24) is 20.2 Å². The fourth-order valence-corrected chi connectivity index (χ4v) is 2.08. The van der Waals surface area contributed by atoms with Crippen LogP contribution in [0.2, 0.25) is 0 Å². The van der Waals surface area contributed by atoms with Crippen LogP contribution in [-0.4, -0.2) is 33.4 Å². The Morgan fingerprint density at radius 2 is 2.05 bits per heavy atom. The molecule has 0 aliphatic carbocycles. The molecule has 21 heavy (non-hydrogen) atoms. The van der Waals surface area contributed by atoms with Gasteiger partial charge in [0.05, 0.1) is 13.2 Å². The SMILES string of the molecule is Cc1cc(N)cc(-c2nnnn2CCOCCC(C)C)c1. The van der Waals surface area contributed by atoms with E-state index in [0.29, 0.717) is 24.8 Å². The Hall–Kier alpha value is -1.95. The summed E-state index contributed by atoms with van der Waals surface area (Å²) in [5.74, 6) is 1.38. The number of tetrazole rings is 1. The van der Waals surface area contributed by atoms with E-state index in [1.54, 1.807) is 4.68 Å². The number of anilines is 1. The number of hydrogen-bond donors (Lipinski definition) is 1. The van der Waals surface area contributed by atoms with Crippen LogP contribution in [-0.2, 0) is 11.3 Å². The number of rotatable bonds is 7.